The SMILES string of the molecule is CCOc1ccc(C(=O)N2CC(c3nc(-c4ccccn4)no3)C2)cc1OCC. The van der Waals surface area contributed by atoms with Crippen molar-refractivity contribution in [1.82, 2.24) is 20.0 Å². The van der Waals surface area contributed by atoms with Crippen molar-refractivity contribution in [2.45, 2.75) is 19.8 Å². The summed E-state index contributed by atoms with van der Waals surface area (Å²) in [6.07, 6.45) is 1.68. The Labute approximate surface area is 168 Å². The van der Waals surface area contributed by atoms with Gasteiger partial charge in [0.05, 0.1) is 19.1 Å². The van der Waals surface area contributed by atoms with Gasteiger partial charge < -0.3 is 18.9 Å². The third-order valence-corrected chi connectivity index (χ3v) is 4.64. The van der Waals surface area contributed by atoms with Gasteiger partial charge in [0.2, 0.25) is 11.7 Å². The molecule has 1 aliphatic heterocycles. The lowest BCUT2D eigenvalue weighted by Gasteiger charge is -2.37. The van der Waals surface area contributed by atoms with Gasteiger partial charge in [-0.1, -0.05) is 11.2 Å². The van der Waals surface area contributed by atoms with E-state index in [9.17, 15) is 4.79 Å². The number of ether oxygens (including phenoxy) is 2. The van der Waals surface area contributed by atoms with Crippen molar-refractivity contribution in [1.29, 1.82) is 0 Å². The van der Waals surface area contributed by atoms with Crippen molar-refractivity contribution < 1.29 is 18.8 Å². The maximum Gasteiger partial charge on any atom is 0.254 e. The van der Waals surface area contributed by atoms with Crippen molar-refractivity contribution >= 4 is 5.91 Å². The highest BCUT2D eigenvalue weighted by Crippen LogP contribution is 2.32. The Kier molecular flexibility index (Phi) is 5.41. The minimum Gasteiger partial charge on any atom is -0.490 e. The van der Waals surface area contributed by atoms with Crippen LogP contribution in [0.25, 0.3) is 11.5 Å². The predicted molar refractivity (Wildman–Crippen MR) is 105 cm³/mol. The number of likely N-dealkylation sites (tertiary alicyclic amines) is 1. The normalized spacial score (nSPS) is 13.8. The summed E-state index contributed by atoms with van der Waals surface area (Å²) in [6, 6.07) is 10.8. The van der Waals surface area contributed by atoms with Crippen LogP contribution < -0.4 is 9.47 Å². The van der Waals surface area contributed by atoms with E-state index in [0.717, 1.165) is 0 Å². The third kappa shape index (κ3) is 3.91. The molecule has 0 saturated carbocycles. The topological polar surface area (TPSA) is 90.6 Å². The Morgan fingerprint density at radius 1 is 1.14 bits per heavy atom. The fourth-order valence-electron chi connectivity index (χ4n) is 3.17. The quantitative estimate of drug-likeness (QED) is 0.608. The van der Waals surface area contributed by atoms with Crippen LogP contribution in [0.1, 0.15) is 36.0 Å². The number of hydrogen-bond acceptors (Lipinski definition) is 7. The van der Waals surface area contributed by atoms with Gasteiger partial charge in [-0.25, -0.2) is 0 Å². The van der Waals surface area contributed by atoms with E-state index >= 15 is 0 Å². The first-order chi connectivity index (χ1) is 14.2. The van der Waals surface area contributed by atoms with E-state index < -0.39 is 0 Å². The van der Waals surface area contributed by atoms with Crippen LogP contribution in [0.5, 0.6) is 11.5 Å². The van der Waals surface area contributed by atoms with Crippen LogP contribution in [0.4, 0.5) is 0 Å². The van der Waals surface area contributed by atoms with Gasteiger partial charge in [0.1, 0.15) is 5.69 Å². The standard InChI is InChI=1S/C21H22N4O4/c1-3-27-17-9-8-14(11-18(17)28-4-2)21(26)25-12-15(13-25)20-23-19(24-29-20)16-7-5-6-10-22-16/h5-11,15H,3-4,12-13H2,1-2H3. The molecule has 1 amide bonds. The highest BCUT2D eigenvalue weighted by molar-refractivity contribution is 5.95. The number of pyridine rings is 1. The van der Waals surface area contributed by atoms with E-state index in [-0.39, 0.29) is 11.8 Å². The maximum absolute atomic E-state index is 12.8. The van der Waals surface area contributed by atoms with Crippen LogP contribution in [0, 0.1) is 0 Å². The summed E-state index contributed by atoms with van der Waals surface area (Å²) in [5.41, 5.74) is 1.22. The Balaban J connectivity index is 1.41. The first kappa shape index (κ1) is 18.9. The third-order valence-electron chi connectivity index (χ3n) is 4.64. The van der Waals surface area contributed by atoms with E-state index in [2.05, 4.69) is 15.1 Å². The summed E-state index contributed by atoms with van der Waals surface area (Å²) in [5, 5.41) is 3.99. The van der Waals surface area contributed by atoms with E-state index in [1.807, 2.05) is 32.0 Å². The molecule has 1 aromatic carbocycles. The van der Waals surface area contributed by atoms with E-state index in [1.54, 1.807) is 29.3 Å². The van der Waals surface area contributed by atoms with Gasteiger partial charge in [-0.15, -0.1) is 0 Å². The minimum atomic E-state index is -0.0604. The molecule has 8 nitrogen and oxygen atoms in total. The first-order valence-corrected chi connectivity index (χ1v) is 9.63. The number of nitrogens with zero attached hydrogens (tertiary/aromatic N) is 4. The van der Waals surface area contributed by atoms with Crippen molar-refractivity contribution in [3.63, 3.8) is 0 Å². The molecule has 0 radical (unpaired) electrons. The second-order valence-corrected chi connectivity index (χ2v) is 6.61. The summed E-state index contributed by atoms with van der Waals surface area (Å²) >= 11 is 0. The van der Waals surface area contributed by atoms with Crippen molar-refractivity contribution in [3.8, 4) is 23.0 Å². The maximum atomic E-state index is 12.8. The lowest BCUT2D eigenvalue weighted by Crippen LogP contribution is -2.48. The van der Waals surface area contributed by atoms with Crippen molar-refractivity contribution in [2.75, 3.05) is 26.3 Å². The largest absolute Gasteiger partial charge is 0.490 e. The molecule has 1 fully saturated rings. The summed E-state index contributed by atoms with van der Waals surface area (Å²) < 4.78 is 16.5. The molecule has 4 rings (SSSR count). The molecule has 0 spiro atoms. The van der Waals surface area contributed by atoms with Crippen molar-refractivity contribution in [3.05, 3.63) is 54.0 Å². The molecule has 29 heavy (non-hydrogen) atoms. The molecule has 2 aromatic heterocycles. The monoisotopic (exact) mass is 394 g/mol. The van der Waals surface area contributed by atoms with Crippen LogP contribution in [-0.2, 0) is 0 Å². The van der Waals surface area contributed by atoms with Gasteiger partial charge in [-0.2, -0.15) is 4.98 Å². The molecule has 0 bridgehead atoms. The second kappa shape index (κ2) is 8.30. The Morgan fingerprint density at radius 2 is 1.93 bits per heavy atom. The lowest BCUT2D eigenvalue weighted by molar-refractivity contribution is 0.0568. The number of aromatic nitrogens is 3. The van der Waals surface area contributed by atoms with E-state index in [0.29, 0.717) is 60.8 Å². The van der Waals surface area contributed by atoms with E-state index in [4.69, 9.17) is 14.0 Å². The summed E-state index contributed by atoms with van der Waals surface area (Å²) in [4.78, 5) is 23.2. The highest BCUT2D eigenvalue weighted by atomic mass is 16.5. The molecule has 0 atom stereocenters. The number of carbonyl (C=O) groups excluding carboxylic acids is 1. The summed E-state index contributed by atoms with van der Waals surface area (Å²) in [7, 11) is 0. The van der Waals surface area contributed by atoms with Crippen LogP contribution in [0.2, 0.25) is 0 Å². The molecule has 8 heteroatoms. The molecule has 0 N–H and O–H groups in total. The van der Waals surface area contributed by atoms with Crippen LogP contribution >= 0.6 is 0 Å². The molecule has 150 valence electrons. The van der Waals surface area contributed by atoms with Crippen molar-refractivity contribution in [2.24, 2.45) is 0 Å². The smallest absolute Gasteiger partial charge is 0.254 e. The molecule has 3 aromatic rings. The van der Waals surface area contributed by atoms with Gasteiger partial charge in [0.15, 0.2) is 11.5 Å². The van der Waals surface area contributed by atoms with Crippen LogP contribution in [-0.4, -0.2) is 52.2 Å². The minimum absolute atomic E-state index is 0.0259. The van der Waals surface area contributed by atoms with Gasteiger partial charge >= 0.3 is 0 Å². The highest BCUT2D eigenvalue weighted by Gasteiger charge is 2.36. The van der Waals surface area contributed by atoms with Gasteiger partial charge in [0.25, 0.3) is 5.91 Å². The van der Waals surface area contributed by atoms with Crippen LogP contribution in [0.3, 0.4) is 0 Å². The molecule has 0 unspecified atom stereocenters. The fraction of sp³-hybridized carbons (Fsp3) is 0.333. The molecule has 1 aliphatic rings. The molecule has 0 aliphatic carbocycles. The Morgan fingerprint density at radius 3 is 2.66 bits per heavy atom. The zero-order valence-electron chi connectivity index (χ0n) is 16.4. The Hall–Kier alpha value is -3.42. The predicted octanol–water partition coefficient (Wildman–Crippen LogP) is 3.17. The van der Waals surface area contributed by atoms with E-state index in [1.165, 1.54) is 0 Å². The molecule has 3 heterocycles. The average molecular weight is 394 g/mol. The lowest BCUT2D eigenvalue weighted by atomic mass is 9.98. The molecular formula is C21H22N4O4. The fourth-order valence-corrected chi connectivity index (χ4v) is 3.17. The zero-order valence-corrected chi connectivity index (χ0v) is 16.4. The summed E-state index contributed by atoms with van der Waals surface area (Å²) in [6.45, 7) is 5.89. The van der Waals surface area contributed by atoms with Gasteiger partial charge in [-0.3, -0.25) is 9.78 Å². The van der Waals surface area contributed by atoms with Gasteiger partial charge in [0, 0.05) is 24.8 Å². The zero-order chi connectivity index (χ0) is 20.2. The molecular weight excluding hydrogens is 372 g/mol. The number of rotatable bonds is 7. The average Bonchev–Trinajstić information content (AvgIpc) is 3.19. The number of benzene rings is 1. The van der Waals surface area contributed by atoms with Gasteiger partial charge in [-0.05, 0) is 44.2 Å². The number of carbonyl (C=O) groups is 1. The van der Waals surface area contributed by atoms with Crippen LogP contribution in [0.15, 0.2) is 47.1 Å². The number of amides is 1. The Bertz CT molecular complexity index is 983. The summed E-state index contributed by atoms with van der Waals surface area (Å²) in [5.74, 6) is 2.16. The number of hydrogen-bond donors (Lipinski definition) is 0. The molecule has 1 saturated heterocycles. The second-order valence-electron chi connectivity index (χ2n) is 6.61. The first-order valence-electron chi connectivity index (χ1n) is 9.63.